The molecule has 1 aromatic heterocycles. The van der Waals surface area contributed by atoms with Gasteiger partial charge in [-0.05, 0) is 36.4 Å². The Hall–Kier alpha value is -3.43. The van der Waals surface area contributed by atoms with E-state index in [9.17, 15) is 4.79 Å². The third-order valence-corrected chi connectivity index (χ3v) is 3.66. The molecule has 1 heterocycles. The second-order valence-corrected chi connectivity index (χ2v) is 5.43. The molecule has 0 radical (unpaired) electrons. The Labute approximate surface area is 149 Å². The lowest BCUT2D eigenvalue weighted by Crippen LogP contribution is -2.15. The van der Waals surface area contributed by atoms with Crippen molar-refractivity contribution in [2.75, 3.05) is 10.6 Å². The zero-order valence-corrected chi connectivity index (χ0v) is 13.7. The fourth-order valence-electron chi connectivity index (χ4n) is 2.10. The highest BCUT2D eigenvalue weighted by molar-refractivity contribution is 6.33. The van der Waals surface area contributed by atoms with Gasteiger partial charge in [0, 0.05) is 0 Å². The summed E-state index contributed by atoms with van der Waals surface area (Å²) in [5.74, 6) is 0.0153. The van der Waals surface area contributed by atoms with Gasteiger partial charge in [0.2, 0.25) is 0 Å². The van der Waals surface area contributed by atoms with Gasteiger partial charge in [-0.1, -0.05) is 35.9 Å². The van der Waals surface area contributed by atoms with E-state index in [0.29, 0.717) is 27.8 Å². The molecular weight excluding hydrogens is 338 g/mol. The normalized spacial score (nSPS) is 9.92. The van der Waals surface area contributed by atoms with Gasteiger partial charge in [0.1, 0.15) is 6.07 Å². The third-order valence-electron chi connectivity index (χ3n) is 3.33. The van der Waals surface area contributed by atoms with E-state index in [-0.39, 0.29) is 5.69 Å². The van der Waals surface area contributed by atoms with Crippen LogP contribution in [0.2, 0.25) is 5.02 Å². The lowest BCUT2D eigenvalue weighted by Gasteiger charge is -2.08. The van der Waals surface area contributed by atoms with Crippen LogP contribution in [0.5, 0.6) is 0 Å². The van der Waals surface area contributed by atoms with Crippen molar-refractivity contribution in [3.05, 3.63) is 76.9 Å². The maximum absolute atomic E-state index is 12.2. The molecule has 0 saturated heterocycles. The number of anilines is 3. The van der Waals surface area contributed by atoms with Gasteiger partial charge in [-0.2, -0.15) is 5.26 Å². The van der Waals surface area contributed by atoms with Gasteiger partial charge >= 0.3 is 0 Å². The molecule has 0 aliphatic carbocycles. The fraction of sp³-hybridized carbons (Fsp3) is 0. The van der Waals surface area contributed by atoms with Gasteiger partial charge < -0.3 is 10.6 Å². The van der Waals surface area contributed by atoms with Crippen LogP contribution in [0.4, 0.5) is 17.2 Å². The van der Waals surface area contributed by atoms with E-state index in [4.69, 9.17) is 16.9 Å². The van der Waals surface area contributed by atoms with E-state index in [1.807, 2.05) is 24.3 Å². The van der Waals surface area contributed by atoms with Crippen LogP contribution in [-0.4, -0.2) is 16.1 Å². The van der Waals surface area contributed by atoms with Gasteiger partial charge in [-0.15, -0.1) is 10.2 Å². The molecule has 0 unspecified atom stereocenters. The van der Waals surface area contributed by atoms with Crippen LogP contribution in [0.25, 0.3) is 0 Å². The molecule has 0 atom stereocenters. The van der Waals surface area contributed by atoms with Crippen molar-refractivity contribution >= 4 is 34.7 Å². The molecule has 3 aromatic rings. The summed E-state index contributed by atoms with van der Waals surface area (Å²) in [6.07, 6.45) is 0. The molecule has 2 aromatic carbocycles. The van der Waals surface area contributed by atoms with Crippen molar-refractivity contribution in [1.29, 1.82) is 5.26 Å². The Kier molecular flexibility index (Phi) is 4.88. The number of aromatic nitrogens is 2. The zero-order valence-electron chi connectivity index (χ0n) is 12.9. The summed E-state index contributed by atoms with van der Waals surface area (Å²) in [6.45, 7) is 0. The van der Waals surface area contributed by atoms with E-state index < -0.39 is 5.91 Å². The van der Waals surface area contributed by atoms with Gasteiger partial charge in [0.05, 0.1) is 22.0 Å². The summed E-state index contributed by atoms with van der Waals surface area (Å²) in [7, 11) is 0. The summed E-state index contributed by atoms with van der Waals surface area (Å²) in [5, 5.41) is 23.2. The van der Waals surface area contributed by atoms with E-state index >= 15 is 0 Å². The number of hydrogen-bond donors (Lipinski definition) is 2. The highest BCUT2D eigenvalue weighted by Crippen LogP contribution is 2.23. The summed E-state index contributed by atoms with van der Waals surface area (Å²) >= 11 is 6.07. The molecule has 0 fully saturated rings. The third kappa shape index (κ3) is 3.91. The second kappa shape index (κ2) is 7.43. The van der Waals surface area contributed by atoms with Crippen LogP contribution >= 0.6 is 11.6 Å². The molecule has 7 heteroatoms. The largest absolute Gasteiger partial charge is 0.338 e. The second-order valence-electron chi connectivity index (χ2n) is 5.02. The molecule has 0 bridgehead atoms. The smallest absolute Gasteiger partial charge is 0.276 e. The van der Waals surface area contributed by atoms with Crippen molar-refractivity contribution in [2.24, 2.45) is 0 Å². The van der Waals surface area contributed by atoms with Crippen LogP contribution in [0.3, 0.4) is 0 Å². The first-order valence-electron chi connectivity index (χ1n) is 7.33. The van der Waals surface area contributed by atoms with E-state index in [2.05, 4.69) is 20.8 Å². The number of nitrogens with one attached hydrogen (secondary N) is 2. The van der Waals surface area contributed by atoms with Gasteiger partial charge in [0.25, 0.3) is 5.91 Å². The molecule has 3 rings (SSSR count). The van der Waals surface area contributed by atoms with Crippen LogP contribution in [0.1, 0.15) is 16.1 Å². The number of benzene rings is 2. The molecule has 0 aliphatic heterocycles. The highest BCUT2D eigenvalue weighted by atomic mass is 35.5. The minimum atomic E-state index is -0.445. The average molecular weight is 350 g/mol. The van der Waals surface area contributed by atoms with Crippen molar-refractivity contribution in [3.63, 3.8) is 0 Å². The van der Waals surface area contributed by atoms with Crippen molar-refractivity contribution in [3.8, 4) is 6.07 Å². The first-order valence-corrected chi connectivity index (χ1v) is 7.71. The maximum Gasteiger partial charge on any atom is 0.276 e. The van der Waals surface area contributed by atoms with Crippen molar-refractivity contribution in [1.82, 2.24) is 10.2 Å². The SMILES string of the molecule is N#Cc1ccccc1NC(=O)c1ccc(Nc2ccccc2Cl)nn1. The van der Waals surface area contributed by atoms with E-state index in [0.717, 1.165) is 0 Å². The Morgan fingerprint density at radius 2 is 1.68 bits per heavy atom. The Bertz CT molecular complexity index is 950. The van der Waals surface area contributed by atoms with E-state index in [1.165, 1.54) is 6.07 Å². The number of para-hydroxylation sites is 2. The summed E-state index contributed by atoms with van der Waals surface area (Å²) in [6, 6.07) is 19.2. The minimum absolute atomic E-state index is 0.137. The Morgan fingerprint density at radius 3 is 2.36 bits per heavy atom. The molecule has 0 saturated carbocycles. The molecule has 1 amide bonds. The first-order chi connectivity index (χ1) is 12.2. The quantitative estimate of drug-likeness (QED) is 0.743. The van der Waals surface area contributed by atoms with E-state index in [1.54, 1.807) is 36.4 Å². The fourth-order valence-corrected chi connectivity index (χ4v) is 2.28. The zero-order chi connectivity index (χ0) is 17.6. The van der Waals surface area contributed by atoms with Crippen LogP contribution in [0.15, 0.2) is 60.7 Å². The monoisotopic (exact) mass is 349 g/mol. The summed E-state index contributed by atoms with van der Waals surface area (Å²) in [4.78, 5) is 12.2. The van der Waals surface area contributed by atoms with Crippen molar-refractivity contribution in [2.45, 2.75) is 0 Å². The number of amides is 1. The number of hydrogen-bond acceptors (Lipinski definition) is 5. The number of nitriles is 1. The molecule has 0 spiro atoms. The average Bonchev–Trinajstić information content (AvgIpc) is 2.64. The lowest BCUT2D eigenvalue weighted by molar-refractivity contribution is 0.102. The molecule has 0 aliphatic rings. The summed E-state index contributed by atoms with van der Waals surface area (Å²) in [5.41, 5.74) is 1.63. The molecular formula is C18H12ClN5O. The van der Waals surface area contributed by atoms with Gasteiger partial charge in [-0.25, -0.2) is 0 Å². The first kappa shape index (κ1) is 16.4. The predicted octanol–water partition coefficient (Wildman–Crippen LogP) is 4.00. The minimum Gasteiger partial charge on any atom is -0.338 e. The molecule has 6 nitrogen and oxygen atoms in total. The predicted molar refractivity (Wildman–Crippen MR) is 95.9 cm³/mol. The van der Waals surface area contributed by atoms with Crippen LogP contribution in [0, 0.1) is 11.3 Å². The van der Waals surface area contributed by atoms with Crippen LogP contribution < -0.4 is 10.6 Å². The van der Waals surface area contributed by atoms with Gasteiger partial charge in [-0.3, -0.25) is 4.79 Å². The highest BCUT2D eigenvalue weighted by Gasteiger charge is 2.11. The Morgan fingerprint density at radius 1 is 0.960 bits per heavy atom. The molecule has 25 heavy (non-hydrogen) atoms. The number of rotatable bonds is 4. The number of carbonyl (C=O) groups excluding carboxylic acids is 1. The number of halogens is 1. The standard InChI is InChI=1S/C18H12ClN5O/c19-13-6-2-4-8-15(13)21-17-10-9-16(23-24-17)18(25)22-14-7-3-1-5-12(14)11-20/h1-10H,(H,21,24)(H,22,25). The number of carbonyl (C=O) groups is 1. The lowest BCUT2D eigenvalue weighted by atomic mass is 10.2. The molecule has 122 valence electrons. The summed E-state index contributed by atoms with van der Waals surface area (Å²) < 4.78 is 0. The van der Waals surface area contributed by atoms with Crippen LogP contribution in [-0.2, 0) is 0 Å². The van der Waals surface area contributed by atoms with Gasteiger partial charge in [0.15, 0.2) is 11.5 Å². The van der Waals surface area contributed by atoms with Crippen molar-refractivity contribution < 1.29 is 4.79 Å². The maximum atomic E-state index is 12.2. The topological polar surface area (TPSA) is 90.7 Å². The Balaban J connectivity index is 1.73. The molecule has 2 N–H and O–H groups in total. The number of nitrogens with zero attached hydrogens (tertiary/aromatic N) is 3.